The number of ether oxygens (including phenoxy) is 1. The first kappa shape index (κ1) is 13.8. The first-order valence-corrected chi connectivity index (χ1v) is 4.81. The molecule has 0 radical (unpaired) electrons. The molecule has 0 saturated carbocycles. The zero-order valence-corrected chi connectivity index (χ0v) is 9.62. The van der Waals surface area contributed by atoms with Crippen molar-refractivity contribution in [1.82, 2.24) is 0 Å². The van der Waals surface area contributed by atoms with E-state index in [0.29, 0.717) is 10.6 Å². The molecule has 0 amide bonds. The number of benzene rings is 1. The fraction of sp³-hybridized carbons (Fsp3) is 0.300. The van der Waals surface area contributed by atoms with E-state index in [4.69, 9.17) is 15.6 Å². The summed E-state index contributed by atoms with van der Waals surface area (Å²) in [5, 5.41) is 8.60. The van der Waals surface area contributed by atoms with Crippen molar-refractivity contribution in [2.75, 3.05) is 13.7 Å². The van der Waals surface area contributed by atoms with E-state index >= 15 is 0 Å². The van der Waals surface area contributed by atoms with Crippen LogP contribution >= 0.6 is 12.6 Å². The number of aromatic carboxylic acids is 1. The summed E-state index contributed by atoms with van der Waals surface area (Å²) in [5.41, 5.74) is 5.06. The van der Waals surface area contributed by atoms with Crippen LogP contribution in [0.4, 0.5) is 0 Å². The van der Waals surface area contributed by atoms with Crippen molar-refractivity contribution in [3.8, 4) is 5.75 Å². The van der Waals surface area contributed by atoms with Crippen molar-refractivity contribution in [3.63, 3.8) is 0 Å². The maximum atomic E-state index is 10.5. The third-order valence-electron chi connectivity index (χ3n) is 1.43. The summed E-state index contributed by atoms with van der Waals surface area (Å²) in [6.45, 7) is 2.65. The van der Waals surface area contributed by atoms with E-state index in [1.165, 1.54) is 19.2 Å². The number of hydrogen-bond donors (Lipinski definition) is 3. The summed E-state index contributed by atoms with van der Waals surface area (Å²) in [6.07, 6.45) is 0. The van der Waals surface area contributed by atoms with E-state index in [0.717, 1.165) is 6.54 Å². The highest BCUT2D eigenvalue weighted by Gasteiger charge is 2.05. The van der Waals surface area contributed by atoms with Crippen molar-refractivity contribution in [2.45, 2.75) is 11.8 Å². The molecule has 5 heteroatoms. The Morgan fingerprint density at radius 2 is 2.13 bits per heavy atom. The molecule has 1 rings (SSSR count). The van der Waals surface area contributed by atoms with Gasteiger partial charge in [0.05, 0.1) is 12.7 Å². The smallest absolute Gasteiger partial charge is 0.335 e. The Morgan fingerprint density at radius 3 is 2.47 bits per heavy atom. The molecule has 0 spiro atoms. The molecule has 1 aromatic rings. The van der Waals surface area contributed by atoms with Gasteiger partial charge in [-0.05, 0) is 24.7 Å². The number of thiol groups is 1. The number of carboxylic acid groups (broad SMARTS) is 1. The van der Waals surface area contributed by atoms with Gasteiger partial charge < -0.3 is 15.6 Å². The topological polar surface area (TPSA) is 72.5 Å². The summed E-state index contributed by atoms with van der Waals surface area (Å²) in [5.74, 6) is -0.392. The molecule has 0 aliphatic rings. The highest BCUT2D eigenvalue weighted by molar-refractivity contribution is 7.80. The van der Waals surface area contributed by atoms with Crippen molar-refractivity contribution < 1.29 is 14.6 Å². The van der Waals surface area contributed by atoms with Crippen LogP contribution in [0.25, 0.3) is 0 Å². The molecule has 84 valence electrons. The molecule has 15 heavy (non-hydrogen) atoms. The molecule has 0 bridgehead atoms. The fourth-order valence-electron chi connectivity index (χ4n) is 0.823. The van der Waals surface area contributed by atoms with Gasteiger partial charge >= 0.3 is 5.97 Å². The lowest BCUT2D eigenvalue weighted by Crippen LogP contribution is -1.96. The van der Waals surface area contributed by atoms with Crippen molar-refractivity contribution in [2.24, 2.45) is 5.73 Å². The minimum Gasteiger partial charge on any atom is -0.496 e. The second-order valence-corrected chi connectivity index (χ2v) is 3.08. The predicted octanol–water partition coefficient (Wildman–Crippen LogP) is 1.65. The molecule has 0 saturated heterocycles. The van der Waals surface area contributed by atoms with Gasteiger partial charge in [-0.25, -0.2) is 4.79 Å². The van der Waals surface area contributed by atoms with E-state index in [2.05, 4.69) is 12.6 Å². The molecule has 0 atom stereocenters. The molecule has 0 heterocycles. The van der Waals surface area contributed by atoms with Gasteiger partial charge in [0, 0.05) is 4.90 Å². The van der Waals surface area contributed by atoms with Crippen LogP contribution in [0.5, 0.6) is 5.75 Å². The van der Waals surface area contributed by atoms with Crippen molar-refractivity contribution in [1.29, 1.82) is 0 Å². The van der Waals surface area contributed by atoms with Crippen LogP contribution in [-0.2, 0) is 0 Å². The Hall–Kier alpha value is -1.20. The molecule has 0 aliphatic heterocycles. The Kier molecular flexibility index (Phi) is 6.57. The van der Waals surface area contributed by atoms with Gasteiger partial charge in [-0.1, -0.05) is 6.92 Å². The zero-order chi connectivity index (χ0) is 11.8. The highest BCUT2D eigenvalue weighted by Crippen LogP contribution is 2.22. The summed E-state index contributed by atoms with van der Waals surface area (Å²) >= 11 is 4.05. The van der Waals surface area contributed by atoms with Gasteiger partial charge in [0.1, 0.15) is 5.75 Å². The predicted molar refractivity (Wildman–Crippen MR) is 61.9 cm³/mol. The van der Waals surface area contributed by atoms with Gasteiger partial charge in [-0.3, -0.25) is 0 Å². The Labute approximate surface area is 94.5 Å². The lowest BCUT2D eigenvalue weighted by atomic mass is 10.2. The minimum atomic E-state index is -0.965. The Morgan fingerprint density at radius 1 is 1.60 bits per heavy atom. The van der Waals surface area contributed by atoms with Gasteiger partial charge in [0.2, 0.25) is 0 Å². The largest absolute Gasteiger partial charge is 0.496 e. The molecule has 0 fully saturated rings. The van der Waals surface area contributed by atoms with Crippen LogP contribution in [0, 0.1) is 0 Å². The average Bonchev–Trinajstić information content (AvgIpc) is 2.18. The van der Waals surface area contributed by atoms with Gasteiger partial charge in [0.15, 0.2) is 0 Å². The summed E-state index contributed by atoms with van der Waals surface area (Å²) in [6, 6.07) is 4.50. The van der Waals surface area contributed by atoms with Crippen LogP contribution in [0.2, 0.25) is 0 Å². The second-order valence-electron chi connectivity index (χ2n) is 2.60. The third-order valence-corrected chi connectivity index (χ3v) is 1.78. The Bertz CT molecular complexity index is 328. The van der Waals surface area contributed by atoms with Crippen LogP contribution in [0.15, 0.2) is 23.1 Å². The molecule has 3 N–H and O–H groups in total. The molecular formula is C10H15NO3S. The number of nitrogens with two attached hydrogens (primary N) is 1. The molecule has 4 nitrogen and oxygen atoms in total. The number of carboxylic acids is 1. The van der Waals surface area contributed by atoms with E-state index < -0.39 is 5.97 Å². The minimum absolute atomic E-state index is 0.209. The van der Waals surface area contributed by atoms with Gasteiger partial charge in [0.25, 0.3) is 0 Å². The summed E-state index contributed by atoms with van der Waals surface area (Å²) in [7, 11) is 1.51. The molecule has 0 aromatic heterocycles. The fourth-order valence-corrected chi connectivity index (χ4v) is 1.13. The van der Waals surface area contributed by atoms with Gasteiger partial charge in [-0.2, -0.15) is 0 Å². The first-order chi connectivity index (χ1) is 7.06. The van der Waals surface area contributed by atoms with Crippen LogP contribution in [-0.4, -0.2) is 24.7 Å². The SMILES string of the molecule is CCN.COc1ccc(C(=O)O)cc1S. The lowest BCUT2D eigenvalue weighted by molar-refractivity contribution is 0.0696. The van der Waals surface area contributed by atoms with Crippen LogP contribution < -0.4 is 10.5 Å². The maximum Gasteiger partial charge on any atom is 0.335 e. The van der Waals surface area contributed by atoms with Gasteiger partial charge in [-0.15, -0.1) is 12.6 Å². The van der Waals surface area contributed by atoms with Crippen LogP contribution in [0.1, 0.15) is 17.3 Å². The Balaban J connectivity index is 0.000000583. The number of methoxy groups -OCH3 is 1. The van der Waals surface area contributed by atoms with E-state index in [-0.39, 0.29) is 5.56 Å². The molecular weight excluding hydrogens is 214 g/mol. The molecule has 1 aromatic carbocycles. The average molecular weight is 229 g/mol. The molecule has 0 unspecified atom stereocenters. The summed E-state index contributed by atoms with van der Waals surface area (Å²) < 4.78 is 4.91. The lowest BCUT2D eigenvalue weighted by Gasteiger charge is -2.03. The monoisotopic (exact) mass is 229 g/mol. The maximum absolute atomic E-state index is 10.5. The number of rotatable bonds is 2. The number of carbonyl (C=O) groups is 1. The second kappa shape index (κ2) is 7.14. The van der Waals surface area contributed by atoms with E-state index in [1.54, 1.807) is 6.07 Å². The third kappa shape index (κ3) is 4.71. The van der Waals surface area contributed by atoms with Crippen molar-refractivity contribution in [3.05, 3.63) is 23.8 Å². The quantitative estimate of drug-likeness (QED) is 0.674. The summed E-state index contributed by atoms with van der Waals surface area (Å²) in [4.78, 5) is 11.0. The molecule has 0 aliphatic carbocycles. The first-order valence-electron chi connectivity index (χ1n) is 4.37. The normalized spacial score (nSPS) is 8.80. The highest BCUT2D eigenvalue weighted by atomic mass is 32.1. The number of hydrogen-bond acceptors (Lipinski definition) is 4. The van der Waals surface area contributed by atoms with Crippen LogP contribution in [0.3, 0.4) is 0 Å². The van der Waals surface area contributed by atoms with E-state index in [1.807, 2.05) is 6.92 Å². The van der Waals surface area contributed by atoms with Crippen molar-refractivity contribution >= 4 is 18.6 Å². The van der Waals surface area contributed by atoms with E-state index in [9.17, 15) is 4.79 Å². The zero-order valence-electron chi connectivity index (χ0n) is 8.73. The standard InChI is InChI=1S/C8H8O3S.C2H7N/c1-11-6-3-2-5(8(9)10)4-7(6)12;1-2-3/h2-4,12H,1H3,(H,9,10);2-3H2,1H3.